The van der Waals surface area contributed by atoms with Gasteiger partial charge in [0.2, 0.25) is 6.29 Å². The van der Waals surface area contributed by atoms with Crippen molar-refractivity contribution in [3.8, 4) is 0 Å². The lowest BCUT2D eigenvalue weighted by Crippen LogP contribution is -2.62. The number of hydrogen-bond donors (Lipinski definition) is 9. The fraction of sp³-hybridized carbons (Fsp3) is 0.762. The van der Waals surface area contributed by atoms with Crippen LogP contribution in [0, 0.1) is 5.92 Å². The predicted octanol–water partition coefficient (Wildman–Crippen LogP) is -4.74. The first-order valence-corrected chi connectivity index (χ1v) is 11.2. The molecule has 0 aromatic heterocycles. The van der Waals surface area contributed by atoms with Gasteiger partial charge in [-0.15, -0.1) is 0 Å². The molecule has 3 aliphatic heterocycles. The third-order valence-electron chi connectivity index (χ3n) is 6.86. The first-order valence-electron chi connectivity index (χ1n) is 11.2. The van der Waals surface area contributed by atoms with Crippen molar-refractivity contribution in [3.63, 3.8) is 0 Å². The summed E-state index contributed by atoms with van der Waals surface area (Å²) in [6, 6.07) is 0. The summed E-state index contributed by atoms with van der Waals surface area (Å²) in [6.07, 6.45) is -15.6. The van der Waals surface area contributed by atoms with Crippen molar-refractivity contribution in [3.05, 3.63) is 24.0 Å². The average molecular weight is 522 g/mol. The van der Waals surface area contributed by atoms with Crippen LogP contribution in [0.4, 0.5) is 0 Å². The second-order valence-corrected chi connectivity index (χ2v) is 9.30. The zero-order chi connectivity index (χ0) is 26.5. The van der Waals surface area contributed by atoms with Gasteiger partial charge < -0.3 is 69.6 Å². The minimum Gasteiger partial charge on any atom is -0.479 e. The van der Waals surface area contributed by atoms with Crippen molar-refractivity contribution >= 4 is 5.97 Å². The van der Waals surface area contributed by atoms with E-state index in [0.717, 1.165) is 0 Å². The van der Waals surface area contributed by atoms with Gasteiger partial charge in [-0.05, 0) is 24.6 Å². The smallest absolute Gasteiger partial charge is 0.335 e. The molecule has 2 saturated heterocycles. The summed E-state index contributed by atoms with van der Waals surface area (Å²) in [5, 5.41) is 90.4. The molecule has 0 saturated carbocycles. The van der Waals surface area contributed by atoms with E-state index in [9.17, 15) is 50.8 Å². The van der Waals surface area contributed by atoms with Crippen LogP contribution < -0.4 is 0 Å². The molecule has 1 aliphatic carbocycles. The molecule has 0 amide bonds. The number of rotatable bonds is 6. The van der Waals surface area contributed by atoms with Gasteiger partial charge in [0, 0.05) is 0 Å². The Kier molecular flexibility index (Phi) is 7.74. The maximum atomic E-state index is 11.4. The molecule has 0 unspecified atom stereocenters. The monoisotopic (exact) mass is 522 g/mol. The number of aliphatic hydroxyl groups is 8. The van der Waals surface area contributed by atoms with Crippen LogP contribution in [-0.2, 0) is 28.5 Å². The lowest BCUT2D eigenvalue weighted by molar-refractivity contribution is -0.347. The molecule has 204 valence electrons. The van der Waals surface area contributed by atoms with Crippen molar-refractivity contribution in [2.45, 2.75) is 86.3 Å². The number of ether oxygens (including phenoxy) is 5. The fourth-order valence-corrected chi connectivity index (χ4v) is 4.74. The summed E-state index contributed by atoms with van der Waals surface area (Å²) >= 11 is 0. The van der Waals surface area contributed by atoms with Gasteiger partial charge in [-0.2, -0.15) is 0 Å². The largest absolute Gasteiger partial charge is 0.479 e. The van der Waals surface area contributed by atoms with Gasteiger partial charge in [0.15, 0.2) is 18.7 Å². The van der Waals surface area contributed by atoms with E-state index in [1.54, 1.807) is 0 Å². The van der Waals surface area contributed by atoms with Crippen LogP contribution in [0.1, 0.15) is 6.92 Å². The van der Waals surface area contributed by atoms with Crippen LogP contribution >= 0.6 is 0 Å². The summed E-state index contributed by atoms with van der Waals surface area (Å²) in [5.74, 6) is -2.61. The van der Waals surface area contributed by atoms with E-state index in [-0.39, 0.29) is 0 Å². The Bertz CT molecular complexity index is 873. The van der Waals surface area contributed by atoms with E-state index >= 15 is 0 Å². The third-order valence-corrected chi connectivity index (χ3v) is 6.86. The van der Waals surface area contributed by atoms with Gasteiger partial charge in [0.1, 0.15) is 54.4 Å². The number of carboxylic acids is 1. The van der Waals surface area contributed by atoms with E-state index in [0.29, 0.717) is 5.57 Å². The topological polar surface area (TPSA) is 245 Å². The predicted molar refractivity (Wildman–Crippen MR) is 110 cm³/mol. The number of carboxylic acid groups (broad SMARTS) is 1. The highest BCUT2D eigenvalue weighted by molar-refractivity contribution is 5.73. The number of allylic oxidation sites excluding steroid dienone is 1. The Morgan fingerprint density at radius 1 is 0.917 bits per heavy atom. The summed E-state index contributed by atoms with van der Waals surface area (Å²) in [7, 11) is 0. The molecule has 15 heteroatoms. The van der Waals surface area contributed by atoms with E-state index in [2.05, 4.69) is 0 Å². The van der Waals surface area contributed by atoms with E-state index in [1.807, 2.05) is 0 Å². The fourth-order valence-electron chi connectivity index (χ4n) is 4.74. The second-order valence-electron chi connectivity index (χ2n) is 9.30. The van der Waals surface area contributed by atoms with E-state index in [1.165, 1.54) is 25.3 Å². The number of carbonyl (C=O) groups is 1. The summed E-state index contributed by atoms with van der Waals surface area (Å²) in [6.45, 7) is 0.646. The van der Waals surface area contributed by atoms with Gasteiger partial charge in [0.25, 0.3) is 0 Å². The Balaban J connectivity index is 1.51. The van der Waals surface area contributed by atoms with E-state index in [4.69, 9.17) is 23.7 Å². The Hall–Kier alpha value is -1.73. The Morgan fingerprint density at radius 3 is 2.14 bits per heavy atom. The van der Waals surface area contributed by atoms with Crippen LogP contribution in [0.3, 0.4) is 0 Å². The van der Waals surface area contributed by atoms with Crippen molar-refractivity contribution < 1.29 is 74.4 Å². The van der Waals surface area contributed by atoms with Gasteiger partial charge in [-0.1, -0.05) is 0 Å². The highest BCUT2D eigenvalue weighted by atomic mass is 16.8. The summed E-state index contributed by atoms with van der Waals surface area (Å²) in [4.78, 5) is 11.4. The van der Waals surface area contributed by atoms with Gasteiger partial charge in [0.05, 0.1) is 18.8 Å². The average Bonchev–Trinajstić information content (AvgIpc) is 3.09. The number of aliphatic carboxylic acids is 1. The zero-order valence-corrected chi connectivity index (χ0v) is 18.9. The molecule has 15 nitrogen and oxygen atoms in total. The highest BCUT2D eigenvalue weighted by Crippen LogP contribution is 2.45. The van der Waals surface area contributed by atoms with Gasteiger partial charge in [-0.25, -0.2) is 4.79 Å². The first kappa shape index (κ1) is 27.3. The summed E-state index contributed by atoms with van der Waals surface area (Å²) < 4.78 is 27.2. The van der Waals surface area contributed by atoms with Crippen LogP contribution in [0.5, 0.6) is 0 Å². The van der Waals surface area contributed by atoms with Gasteiger partial charge >= 0.3 is 5.97 Å². The molecule has 4 aliphatic rings. The molecular formula is C21H30O15. The quantitative estimate of drug-likeness (QED) is 0.159. The molecular weight excluding hydrogens is 492 g/mol. The number of fused-ring (bicyclic) bond motifs is 1. The standard InChI is InChI=1S/C21H30O15/c1-21(31)8(34-20-15(28)12(25)13(26)16(35-20)17(29)30)4-6-2-3-32-18(9(6)21)36-19-14(27)11(24)10(23)7(5-22)33-19/h2-4,7-16,18-20,22-28,31H,5H2,1H3,(H,29,30)/t7-,8-,9-,10-,11+,12+,13+,14-,15-,16+,18+,19+,20-,21+/m1/s1. The Labute approximate surface area is 204 Å². The molecule has 4 rings (SSSR count). The normalized spacial score (nSPS) is 50.8. The SMILES string of the molecule is C[C@@]1(O)[C@@H]2C(=C[C@H]1O[C@@H]1O[C@H](C(=O)O)[C@@H](O)[C@H](O)[C@H]1O)C=CO[C@H]2O[C@@H]1O[C@H](CO)[C@@H](O)[C@H](O)[C@H]1O. The lowest BCUT2D eigenvalue weighted by atomic mass is 9.85. The first-order chi connectivity index (χ1) is 16.9. The van der Waals surface area contributed by atoms with Gasteiger partial charge in [-0.3, -0.25) is 0 Å². The molecule has 0 bridgehead atoms. The third kappa shape index (κ3) is 4.66. The second kappa shape index (κ2) is 10.2. The molecule has 14 atom stereocenters. The zero-order valence-electron chi connectivity index (χ0n) is 18.9. The molecule has 0 radical (unpaired) electrons. The van der Waals surface area contributed by atoms with Crippen LogP contribution in [0.25, 0.3) is 0 Å². The number of aliphatic hydroxyl groups excluding tert-OH is 7. The maximum Gasteiger partial charge on any atom is 0.335 e. The molecule has 9 N–H and O–H groups in total. The molecule has 36 heavy (non-hydrogen) atoms. The van der Waals surface area contributed by atoms with Crippen LogP contribution in [-0.4, -0.2) is 138 Å². The highest BCUT2D eigenvalue weighted by Gasteiger charge is 2.56. The minimum absolute atomic E-state index is 0.423. The van der Waals surface area contributed by atoms with Crippen molar-refractivity contribution in [1.82, 2.24) is 0 Å². The van der Waals surface area contributed by atoms with Crippen molar-refractivity contribution in [2.75, 3.05) is 6.61 Å². The molecule has 0 aromatic carbocycles. The Morgan fingerprint density at radius 2 is 1.53 bits per heavy atom. The lowest BCUT2D eigenvalue weighted by Gasteiger charge is -2.44. The number of hydrogen-bond acceptors (Lipinski definition) is 14. The summed E-state index contributed by atoms with van der Waals surface area (Å²) in [5.41, 5.74) is -1.44. The molecule has 0 aromatic rings. The van der Waals surface area contributed by atoms with E-state index < -0.39 is 97.9 Å². The molecule has 0 spiro atoms. The maximum absolute atomic E-state index is 11.4. The molecule has 3 heterocycles. The molecule has 2 fully saturated rings. The van der Waals surface area contributed by atoms with Crippen molar-refractivity contribution in [1.29, 1.82) is 0 Å². The van der Waals surface area contributed by atoms with Crippen LogP contribution in [0.15, 0.2) is 24.0 Å². The van der Waals surface area contributed by atoms with Crippen LogP contribution in [0.2, 0.25) is 0 Å². The van der Waals surface area contributed by atoms with Crippen molar-refractivity contribution in [2.24, 2.45) is 5.92 Å². The minimum atomic E-state index is -1.92.